The van der Waals surface area contributed by atoms with Crippen LogP contribution in [0, 0.1) is 12.3 Å². The Labute approximate surface area is 168 Å². The van der Waals surface area contributed by atoms with Gasteiger partial charge in [0, 0.05) is 18.0 Å². The van der Waals surface area contributed by atoms with Gasteiger partial charge in [-0.3, -0.25) is 0 Å². The molecular weight excluding hydrogens is 356 g/mol. The lowest BCUT2D eigenvalue weighted by molar-refractivity contribution is 0.221. The summed E-state index contributed by atoms with van der Waals surface area (Å²) >= 11 is 6.44. The van der Waals surface area contributed by atoms with Crippen molar-refractivity contribution in [2.45, 2.75) is 64.7 Å². The Morgan fingerprint density at radius 2 is 1.85 bits per heavy atom. The van der Waals surface area contributed by atoms with Gasteiger partial charge in [-0.2, -0.15) is 0 Å². The Kier molecular flexibility index (Phi) is 7.94. The van der Waals surface area contributed by atoms with Crippen LogP contribution in [0.5, 0.6) is 5.75 Å². The summed E-state index contributed by atoms with van der Waals surface area (Å²) in [5, 5.41) is 0.627. The van der Waals surface area contributed by atoms with E-state index in [0.717, 1.165) is 24.3 Å². The minimum Gasteiger partial charge on any atom is -0.492 e. The summed E-state index contributed by atoms with van der Waals surface area (Å²) in [6.45, 7) is 2.98. The third kappa shape index (κ3) is 6.21. The molecule has 3 rings (SSSR count). The average molecular weight is 386 g/mol. The average Bonchev–Trinajstić information content (AvgIpc) is 2.71. The van der Waals surface area contributed by atoms with Crippen molar-refractivity contribution in [2.75, 3.05) is 6.61 Å². The minimum absolute atomic E-state index is 0.627. The predicted octanol–water partition coefficient (Wildman–Crippen LogP) is 6.69. The van der Waals surface area contributed by atoms with Crippen LogP contribution in [0.3, 0.4) is 0 Å². The van der Waals surface area contributed by atoms with E-state index in [1.54, 1.807) is 0 Å². The molecule has 1 fully saturated rings. The normalized spacial score (nSPS) is 15.0. The quantitative estimate of drug-likeness (QED) is 0.451. The Bertz CT molecular complexity index is 696. The van der Waals surface area contributed by atoms with Crippen molar-refractivity contribution in [3.8, 4) is 17.1 Å². The van der Waals surface area contributed by atoms with E-state index >= 15 is 0 Å². The second-order valence-corrected chi connectivity index (χ2v) is 7.90. The fourth-order valence-electron chi connectivity index (χ4n) is 3.52. The number of aromatic nitrogens is 2. The van der Waals surface area contributed by atoms with Gasteiger partial charge in [-0.15, -0.1) is 0 Å². The summed E-state index contributed by atoms with van der Waals surface area (Å²) in [6, 6.07) is 5.84. The first-order valence-corrected chi connectivity index (χ1v) is 10.7. The van der Waals surface area contributed by atoms with Gasteiger partial charge in [-0.1, -0.05) is 37.8 Å². The molecule has 27 heavy (non-hydrogen) atoms. The molecule has 0 bridgehead atoms. The minimum atomic E-state index is 0.627. The van der Waals surface area contributed by atoms with Crippen molar-refractivity contribution >= 4 is 11.6 Å². The number of unbranched alkanes of at least 4 members (excludes halogenated alkanes) is 3. The number of nitrogens with zero attached hydrogens (tertiary/aromatic N) is 2. The van der Waals surface area contributed by atoms with Gasteiger partial charge in [0.15, 0.2) is 5.82 Å². The zero-order valence-electron chi connectivity index (χ0n) is 16.3. The largest absolute Gasteiger partial charge is 0.492 e. The molecule has 1 radical (unpaired) electrons. The van der Waals surface area contributed by atoms with Crippen molar-refractivity contribution in [1.29, 1.82) is 0 Å². The molecule has 0 atom stereocenters. The summed E-state index contributed by atoms with van der Waals surface area (Å²) in [4.78, 5) is 9.05. The van der Waals surface area contributed by atoms with Crippen LogP contribution < -0.4 is 4.74 Å². The van der Waals surface area contributed by atoms with E-state index in [4.69, 9.17) is 16.3 Å². The number of halogens is 1. The molecule has 1 aromatic heterocycles. The molecule has 1 saturated carbocycles. The standard InChI is InChI=1S/C23H30ClN2O/c1-2-3-4-6-11-19-15-25-23(26-16-19)20-12-13-22(21(24)14-20)27-17-18-9-7-5-8-10-18/h5,12-16,18H,2-4,6-11,17H2,1H3. The van der Waals surface area contributed by atoms with Crippen LogP contribution >= 0.6 is 11.6 Å². The summed E-state index contributed by atoms with van der Waals surface area (Å²) in [6.07, 6.45) is 17.2. The fraction of sp³-hybridized carbons (Fsp3) is 0.522. The van der Waals surface area contributed by atoms with E-state index in [-0.39, 0.29) is 0 Å². The van der Waals surface area contributed by atoms with Gasteiger partial charge in [0.2, 0.25) is 0 Å². The van der Waals surface area contributed by atoms with Crippen molar-refractivity contribution in [2.24, 2.45) is 5.92 Å². The highest BCUT2D eigenvalue weighted by Crippen LogP contribution is 2.31. The number of rotatable bonds is 9. The van der Waals surface area contributed by atoms with E-state index < -0.39 is 0 Å². The molecule has 1 aromatic carbocycles. The molecule has 1 aliphatic carbocycles. The lowest BCUT2D eigenvalue weighted by Gasteiger charge is -2.21. The summed E-state index contributed by atoms with van der Waals surface area (Å²) < 4.78 is 5.96. The summed E-state index contributed by atoms with van der Waals surface area (Å²) in [7, 11) is 0. The molecular formula is C23H30ClN2O. The molecule has 145 valence electrons. The third-order valence-electron chi connectivity index (χ3n) is 5.25. The summed E-state index contributed by atoms with van der Waals surface area (Å²) in [5.74, 6) is 2.10. The lowest BCUT2D eigenvalue weighted by Crippen LogP contribution is -2.15. The molecule has 2 aromatic rings. The van der Waals surface area contributed by atoms with E-state index in [1.807, 2.05) is 30.6 Å². The Morgan fingerprint density at radius 3 is 2.56 bits per heavy atom. The fourth-order valence-corrected chi connectivity index (χ4v) is 3.75. The van der Waals surface area contributed by atoms with Crippen molar-refractivity contribution in [3.05, 3.63) is 47.6 Å². The second kappa shape index (κ2) is 10.7. The smallest absolute Gasteiger partial charge is 0.159 e. The number of ether oxygens (including phenoxy) is 1. The number of hydrogen-bond acceptors (Lipinski definition) is 3. The number of hydrogen-bond donors (Lipinski definition) is 0. The molecule has 0 spiro atoms. The maximum absolute atomic E-state index is 6.44. The molecule has 4 heteroatoms. The first-order chi connectivity index (χ1) is 13.3. The van der Waals surface area contributed by atoms with E-state index in [2.05, 4.69) is 23.3 Å². The number of aryl methyl sites for hydroxylation is 1. The van der Waals surface area contributed by atoms with Crippen LogP contribution in [0.1, 0.15) is 63.9 Å². The maximum Gasteiger partial charge on any atom is 0.159 e. The highest BCUT2D eigenvalue weighted by Gasteiger charge is 2.15. The second-order valence-electron chi connectivity index (χ2n) is 7.49. The molecule has 1 aliphatic rings. The maximum atomic E-state index is 6.44. The van der Waals surface area contributed by atoms with E-state index in [9.17, 15) is 0 Å². The van der Waals surface area contributed by atoms with Gasteiger partial charge < -0.3 is 4.74 Å². The zero-order chi connectivity index (χ0) is 18.9. The topological polar surface area (TPSA) is 35.0 Å². The first-order valence-electron chi connectivity index (χ1n) is 10.3. The molecule has 0 N–H and O–H groups in total. The number of benzene rings is 1. The van der Waals surface area contributed by atoms with Crippen LogP contribution in [0.4, 0.5) is 0 Å². The van der Waals surface area contributed by atoms with Gasteiger partial charge in [0.05, 0.1) is 11.6 Å². The molecule has 0 amide bonds. The van der Waals surface area contributed by atoms with Crippen molar-refractivity contribution in [1.82, 2.24) is 9.97 Å². The van der Waals surface area contributed by atoms with Gasteiger partial charge in [-0.25, -0.2) is 9.97 Å². The van der Waals surface area contributed by atoms with Crippen LogP contribution in [-0.2, 0) is 6.42 Å². The van der Waals surface area contributed by atoms with E-state index in [0.29, 0.717) is 16.8 Å². The lowest BCUT2D eigenvalue weighted by atomic mass is 9.90. The highest BCUT2D eigenvalue weighted by atomic mass is 35.5. The van der Waals surface area contributed by atoms with Crippen LogP contribution in [0.25, 0.3) is 11.4 Å². The van der Waals surface area contributed by atoms with Gasteiger partial charge in [0.25, 0.3) is 0 Å². The highest BCUT2D eigenvalue weighted by molar-refractivity contribution is 6.32. The first kappa shape index (κ1) is 20.1. The Morgan fingerprint density at radius 1 is 1.07 bits per heavy atom. The molecule has 0 aliphatic heterocycles. The van der Waals surface area contributed by atoms with Gasteiger partial charge in [0.1, 0.15) is 5.75 Å². The van der Waals surface area contributed by atoms with Crippen LogP contribution in [0.2, 0.25) is 5.02 Å². The SMILES string of the molecule is CCCCCCc1cnc(-c2ccc(OCC3CC[CH]CC3)c(Cl)c2)nc1. The zero-order valence-corrected chi connectivity index (χ0v) is 17.0. The molecule has 1 heterocycles. The van der Waals surface area contributed by atoms with E-state index in [1.165, 1.54) is 56.9 Å². The van der Waals surface area contributed by atoms with Crippen LogP contribution in [-0.4, -0.2) is 16.6 Å². The monoisotopic (exact) mass is 385 g/mol. The molecule has 0 saturated heterocycles. The predicted molar refractivity (Wildman–Crippen MR) is 112 cm³/mol. The van der Waals surface area contributed by atoms with Crippen LogP contribution in [0.15, 0.2) is 30.6 Å². The third-order valence-corrected chi connectivity index (χ3v) is 5.54. The van der Waals surface area contributed by atoms with Crippen molar-refractivity contribution < 1.29 is 4.74 Å². The molecule has 3 nitrogen and oxygen atoms in total. The van der Waals surface area contributed by atoms with Gasteiger partial charge >= 0.3 is 0 Å². The summed E-state index contributed by atoms with van der Waals surface area (Å²) in [5.41, 5.74) is 2.13. The molecule has 0 unspecified atom stereocenters. The van der Waals surface area contributed by atoms with Crippen molar-refractivity contribution in [3.63, 3.8) is 0 Å². The Hall–Kier alpha value is -1.61. The Balaban J connectivity index is 1.56. The van der Waals surface area contributed by atoms with Gasteiger partial charge in [-0.05, 0) is 74.6 Å².